The Bertz CT molecular complexity index is 512. The summed E-state index contributed by atoms with van der Waals surface area (Å²) >= 11 is 0. The quantitative estimate of drug-likeness (QED) is 0.830. The third-order valence-corrected chi connectivity index (χ3v) is 2.36. The molecule has 0 spiro atoms. The lowest BCUT2D eigenvalue weighted by molar-refractivity contribution is 0.409. The highest BCUT2D eigenvalue weighted by Crippen LogP contribution is 2.21. The number of nitrogens with two attached hydrogens (primary N) is 1. The van der Waals surface area contributed by atoms with E-state index in [9.17, 15) is 4.39 Å². The van der Waals surface area contributed by atoms with Crippen LogP contribution in [0.2, 0.25) is 0 Å². The van der Waals surface area contributed by atoms with E-state index in [1.54, 1.807) is 13.2 Å². The number of nitrogens with one attached hydrogen (secondary N) is 1. The second-order valence-electron chi connectivity index (χ2n) is 3.54. The normalized spacial score (nSPS) is 10.5. The van der Waals surface area contributed by atoms with Crippen molar-refractivity contribution in [2.45, 2.75) is 13.0 Å². The van der Waals surface area contributed by atoms with Gasteiger partial charge in [-0.25, -0.2) is 9.37 Å². The first-order chi connectivity index (χ1) is 8.22. The van der Waals surface area contributed by atoms with Crippen molar-refractivity contribution in [1.29, 1.82) is 0 Å². The molecular formula is C11H13FN4O. The van der Waals surface area contributed by atoms with Crippen molar-refractivity contribution >= 4 is 0 Å². The van der Waals surface area contributed by atoms with Crippen molar-refractivity contribution in [3.63, 3.8) is 0 Å². The van der Waals surface area contributed by atoms with Crippen LogP contribution in [0.3, 0.4) is 0 Å². The van der Waals surface area contributed by atoms with Gasteiger partial charge in [0.15, 0.2) is 5.82 Å². The predicted molar refractivity (Wildman–Crippen MR) is 60.0 cm³/mol. The van der Waals surface area contributed by atoms with Gasteiger partial charge in [0.1, 0.15) is 17.4 Å². The minimum Gasteiger partial charge on any atom is -0.496 e. The molecule has 1 aromatic carbocycles. The molecule has 5 nitrogen and oxygen atoms in total. The maximum Gasteiger partial charge on any atom is 0.164 e. The Morgan fingerprint density at radius 3 is 2.94 bits per heavy atom. The number of methoxy groups -OCH3 is 1. The molecule has 0 aliphatic carbocycles. The summed E-state index contributed by atoms with van der Waals surface area (Å²) in [5.74, 6) is 1.49. The molecule has 17 heavy (non-hydrogen) atoms. The van der Waals surface area contributed by atoms with E-state index in [1.165, 1.54) is 12.1 Å². The van der Waals surface area contributed by atoms with E-state index < -0.39 is 0 Å². The Labute approximate surface area is 97.8 Å². The maximum atomic E-state index is 13.1. The van der Waals surface area contributed by atoms with Crippen LogP contribution in [-0.4, -0.2) is 22.3 Å². The van der Waals surface area contributed by atoms with Crippen molar-refractivity contribution in [3.05, 3.63) is 41.2 Å². The number of ether oxygens (including phenoxy) is 1. The summed E-state index contributed by atoms with van der Waals surface area (Å²) in [6.07, 6.45) is 0.425. The molecule has 90 valence electrons. The largest absolute Gasteiger partial charge is 0.496 e. The number of aromatic nitrogens is 3. The maximum absolute atomic E-state index is 13.1. The van der Waals surface area contributed by atoms with Crippen molar-refractivity contribution in [2.24, 2.45) is 5.73 Å². The average molecular weight is 236 g/mol. The molecule has 1 aromatic heterocycles. The minimum absolute atomic E-state index is 0.275. The highest BCUT2D eigenvalue weighted by molar-refractivity contribution is 5.35. The first-order valence-corrected chi connectivity index (χ1v) is 5.15. The van der Waals surface area contributed by atoms with E-state index in [1.807, 2.05) is 0 Å². The summed E-state index contributed by atoms with van der Waals surface area (Å²) in [6, 6.07) is 4.36. The number of benzene rings is 1. The number of H-pyrrole nitrogens is 1. The fourth-order valence-corrected chi connectivity index (χ4v) is 1.57. The van der Waals surface area contributed by atoms with Crippen LogP contribution < -0.4 is 10.5 Å². The second kappa shape index (κ2) is 4.92. The number of hydrogen-bond acceptors (Lipinski definition) is 4. The molecular weight excluding hydrogens is 223 g/mol. The van der Waals surface area contributed by atoms with E-state index >= 15 is 0 Å². The van der Waals surface area contributed by atoms with Gasteiger partial charge in [0.2, 0.25) is 0 Å². The fourth-order valence-electron chi connectivity index (χ4n) is 1.57. The van der Waals surface area contributed by atoms with Crippen molar-refractivity contribution in [1.82, 2.24) is 15.2 Å². The van der Waals surface area contributed by atoms with Crippen LogP contribution in [0.25, 0.3) is 0 Å². The molecule has 1 heterocycles. The summed E-state index contributed by atoms with van der Waals surface area (Å²) < 4.78 is 18.3. The molecule has 6 heteroatoms. The van der Waals surface area contributed by atoms with Crippen LogP contribution in [-0.2, 0) is 13.0 Å². The van der Waals surface area contributed by atoms with Crippen LogP contribution in [0.15, 0.2) is 18.2 Å². The van der Waals surface area contributed by atoms with Gasteiger partial charge in [-0.3, -0.25) is 5.10 Å². The van der Waals surface area contributed by atoms with E-state index in [2.05, 4.69) is 15.2 Å². The molecule has 0 saturated heterocycles. The van der Waals surface area contributed by atoms with Gasteiger partial charge in [0.25, 0.3) is 0 Å². The third-order valence-electron chi connectivity index (χ3n) is 2.36. The number of rotatable bonds is 4. The Balaban J connectivity index is 2.25. The van der Waals surface area contributed by atoms with E-state index in [0.29, 0.717) is 29.4 Å². The first-order valence-electron chi connectivity index (χ1n) is 5.15. The lowest BCUT2D eigenvalue weighted by Crippen LogP contribution is -1.99. The van der Waals surface area contributed by atoms with Crippen LogP contribution in [0.1, 0.15) is 17.2 Å². The SMILES string of the molecule is COc1ccc(F)cc1Cc1nc(CN)n[nH]1. The van der Waals surface area contributed by atoms with Gasteiger partial charge >= 0.3 is 0 Å². The molecule has 0 bridgehead atoms. The molecule has 0 unspecified atom stereocenters. The van der Waals surface area contributed by atoms with Crippen LogP contribution >= 0.6 is 0 Å². The topological polar surface area (TPSA) is 76.8 Å². The molecule has 0 saturated carbocycles. The number of halogens is 1. The third kappa shape index (κ3) is 2.59. The number of nitrogens with zero attached hydrogens (tertiary/aromatic N) is 2. The average Bonchev–Trinajstić information content (AvgIpc) is 2.77. The summed E-state index contributed by atoms with van der Waals surface area (Å²) in [7, 11) is 1.54. The molecule has 0 fully saturated rings. The fraction of sp³-hybridized carbons (Fsp3) is 0.273. The van der Waals surface area contributed by atoms with Gasteiger partial charge in [-0.2, -0.15) is 5.10 Å². The standard InChI is InChI=1S/C11H13FN4O/c1-17-9-3-2-8(12)4-7(9)5-10-14-11(6-13)16-15-10/h2-4H,5-6,13H2,1H3,(H,14,15,16). The smallest absolute Gasteiger partial charge is 0.164 e. The van der Waals surface area contributed by atoms with Crippen LogP contribution in [0.5, 0.6) is 5.75 Å². The van der Waals surface area contributed by atoms with E-state index in [4.69, 9.17) is 10.5 Å². The summed E-state index contributed by atoms with van der Waals surface area (Å²) in [5, 5.41) is 6.67. The van der Waals surface area contributed by atoms with Crippen molar-refractivity contribution < 1.29 is 9.13 Å². The van der Waals surface area contributed by atoms with Gasteiger partial charge in [-0.15, -0.1) is 0 Å². The molecule has 3 N–H and O–H groups in total. The summed E-state index contributed by atoms with van der Waals surface area (Å²) in [5.41, 5.74) is 6.12. The molecule has 2 rings (SSSR count). The Morgan fingerprint density at radius 2 is 2.29 bits per heavy atom. The lowest BCUT2D eigenvalue weighted by atomic mass is 10.1. The van der Waals surface area contributed by atoms with Gasteiger partial charge in [0.05, 0.1) is 13.7 Å². The predicted octanol–water partition coefficient (Wildman–Crippen LogP) is 1.00. The molecule has 0 aliphatic heterocycles. The van der Waals surface area contributed by atoms with Gasteiger partial charge in [-0.05, 0) is 18.2 Å². The van der Waals surface area contributed by atoms with E-state index in [0.717, 1.165) is 0 Å². The zero-order valence-corrected chi connectivity index (χ0v) is 9.40. The Kier molecular flexibility index (Phi) is 3.34. The summed E-state index contributed by atoms with van der Waals surface area (Å²) in [4.78, 5) is 4.16. The summed E-state index contributed by atoms with van der Waals surface area (Å²) in [6.45, 7) is 0.275. The zero-order chi connectivity index (χ0) is 12.3. The zero-order valence-electron chi connectivity index (χ0n) is 9.40. The first kappa shape index (κ1) is 11.5. The van der Waals surface area contributed by atoms with Crippen LogP contribution in [0.4, 0.5) is 4.39 Å². The molecule has 0 radical (unpaired) electrons. The minimum atomic E-state index is -0.306. The monoisotopic (exact) mass is 236 g/mol. The number of aromatic amines is 1. The van der Waals surface area contributed by atoms with Crippen LogP contribution in [0, 0.1) is 5.82 Å². The molecule has 2 aromatic rings. The van der Waals surface area contributed by atoms with Gasteiger partial charge in [0, 0.05) is 12.0 Å². The van der Waals surface area contributed by atoms with E-state index in [-0.39, 0.29) is 12.4 Å². The van der Waals surface area contributed by atoms with Crippen molar-refractivity contribution in [3.8, 4) is 5.75 Å². The number of hydrogen-bond donors (Lipinski definition) is 2. The molecule has 0 amide bonds. The Hall–Kier alpha value is -1.95. The highest BCUT2D eigenvalue weighted by atomic mass is 19.1. The Morgan fingerprint density at radius 1 is 1.47 bits per heavy atom. The van der Waals surface area contributed by atoms with Gasteiger partial charge < -0.3 is 10.5 Å². The highest BCUT2D eigenvalue weighted by Gasteiger charge is 2.08. The molecule has 0 atom stereocenters. The van der Waals surface area contributed by atoms with Crippen molar-refractivity contribution in [2.75, 3.05) is 7.11 Å². The second-order valence-corrected chi connectivity index (χ2v) is 3.54. The van der Waals surface area contributed by atoms with Gasteiger partial charge in [-0.1, -0.05) is 0 Å². The molecule has 0 aliphatic rings. The lowest BCUT2D eigenvalue weighted by Gasteiger charge is -2.06.